The van der Waals surface area contributed by atoms with Gasteiger partial charge < -0.3 is 4.74 Å². The smallest absolute Gasteiger partial charge is 0.305 e. The Morgan fingerprint density at radius 1 is 0.792 bits per heavy atom. The molecule has 1 aromatic carbocycles. The van der Waals surface area contributed by atoms with Crippen molar-refractivity contribution in [1.29, 1.82) is 0 Å². The number of ether oxygens (including phenoxy) is 1. The van der Waals surface area contributed by atoms with Crippen molar-refractivity contribution in [2.75, 3.05) is 6.61 Å². The van der Waals surface area contributed by atoms with Crippen molar-refractivity contribution in [1.82, 2.24) is 0 Å². The molecular weight excluding hydrogens is 296 g/mol. The van der Waals surface area contributed by atoms with Crippen LogP contribution in [0.25, 0.3) is 0 Å². The summed E-state index contributed by atoms with van der Waals surface area (Å²) in [4.78, 5) is 11.6. The molecule has 0 saturated heterocycles. The Kier molecular flexibility index (Phi) is 13.2. The van der Waals surface area contributed by atoms with Gasteiger partial charge in [0.2, 0.25) is 0 Å². The molecule has 2 heteroatoms. The lowest BCUT2D eigenvalue weighted by atomic mass is 10.1. The predicted octanol–water partition coefficient (Wildman–Crippen LogP) is 6.47. The Labute approximate surface area is 149 Å². The minimum absolute atomic E-state index is 0.0101. The second-order valence-electron chi connectivity index (χ2n) is 6.74. The van der Waals surface area contributed by atoms with E-state index in [2.05, 4.69) is 37.3 Å². The summed E-state index contributed by atoms with van der Waals surface area (Å²) >= 11 is 0. The van der Waals surface area contributed by atoms with Gasteiger partial charge in [0, 0.05) is 6.42 Å². The molecule has 0 N–H and O–H groups in total. The largest absolute Gasteiger partial charge is 0.466 e. The monoisotopic (exact) mass is 332 g/mol. The molecule has 0 aliphatic carbocycles. The number of benzene rings is 1. The zero-order valence-corrected chi connectivity index (χ0v) is 15.6. The third kappa shape index (κ3) is 12.2. The molecule has 0 aliphatic rings. The molecule has 0 amide bonds. The third-order valence-corrected chi connectivity index (χ3v) is 4.45. The third-order valence-electron chi connectivity index (χ3n) is 4.45. The highest BCUT2D eigenvalue weighted by molar-refractivity contribution is 5.69. The quantitative estimate of drug-likeness (QED) is 0.271. The summed E-state index contributed by atoms with van der Waals surface area (Å²) in [6.45, 7) is 2.85. The van der Waals surface area contributed by atoms with Crippen molar-refractivity contribution < 1.29 is 9.53 Å². The van der Waals surface area contributed by atoms with Gasteiger partial charge in [-0.2, -0.15) is 0 Å². The van der Waals surface area contributed by atoms with Gasteiger partial charge in [-0.15, -0.1) is 0 Å². The van der Waals surface area contributed by atoms with Gasteiger partial charge in [-0.1, -0.05) is 88.6 Å². The summed E-state index contributed by atoms with van der Waals surface area (Å²) in [5.74, 6) is -0.0101. The van der Waals surface area contributed by atoms with Gasteiger partial charge in [-0.05, 0) is 31.2 Å². The first kappa shape index (κ1) is 20.7. The first-order valence-electron chi connectivity index (χ1n) is 10.0. The standard InChI is InChI=1S/C22H36O2/c1-2-3-4-5-6-9-15-20-24-22(23)19-14-8-7-11-16-21-17-12-10-13-18-21/h10,12-13,17-18H,2-9,11,14-16,19-20H2,1H3. The summed E-state index contributed by atoms with van der Waals surface area (Å²) < 4.78 is 5.31. The van der Waals surface area contributed by atoms with Gasteiger partial charge in [0.25, 0.3) is 0 Å². The van der Waals surface area contributed by atoms with Crippen molar-refractivity contribution >= 4 is 5.97 Å². The zero-order chi connectivity index (χ0) is 17.3. The second kappa shape index (κ2) is 15.2. The van der Waals surface area contributed by atoms with Crippen LogP contribution in [0.1, 0.15) is 89.5 Å². The van der Waals surface area contributed by atoms with E-state index in [-0.39, 0.29) is 5.97 Å². The van der Waals surface area contributed by atoms with Crippen LogP contribution in [0.3, 0.4) is 0 Å². The van der Waals surface area contributed by atoms with Crippen LogP contribution in [0.2, 0.25) is 0 Å². The van der Waals surface area contributed by atoms with E-state index in [9.17, 15) is 4.79 Å². The predicted molar refractivity (Wildman–Crippen MR) is 102 cm³/mol. The van der Waals surface area contributed by atoms with E-state index in [1.54, 1.807) is 0 Å². The molecule has 0 saturated carbocycles. The average Bonchev–Trinajstić information content (AvgIpc) is 2.61. The Bertz CT molecular complexity index is 400. The SMILES string of the molecule is CCCCCCCCCOC(=O)CCCCCCc1ccccc1. The van der Waals surface area contributed by atoms with Crippen LogP contribution in [-0.2, 0) is 16.0 Å². The van der Waals surface area contributed by atoms with Gasteiger partial charge >= 0.3 is 5.97 Å². The van der Waals surface area contributed by atoms with Crippen molar-refractivity contribution in [3.8, 4) is 0 Å². The van der Waals surface area contributed by atoms with Gasteiger partial charge in [0.1, 0.15) is 0 Å². The highest BCUT2D eigenvalue weighted by Gasteiger charge is 2.02. The summed E-state index contributed by atoms with van der Waals surface area (Å²) in [5, 5.41) is 0. The number of hydrogen-bond acceptors (Lipinski definition) is 2. The van der Waals surface area contributed by atoms with Crippen molar-refractivity contribution in [3.05, 3.63) is 35.9 Å². The molecule has 0 spiro atoms. The Morgan fingerprint density at radius 2 is 1.42 bits per heavy atom. The van der Waals surface area contributed by atoms with Gasteiger partial charge in [-0.25, -0.2) is 0 Å². The maximum Gasteiger partial charge on any atom is 0.305 e. The lowest BCUT2D eigenvalue weighted by Crippen LogP contribution is -2.05. The van der Waals surface area contributed by atoms with Crippen molar-refractivity contribution in [2.24, 2.45) is 0 Å². The first-order chi connectivity index (χ1) is 11.8. The molecule has 0 fully saturated rings. The van der Waals surface area contributed by atoms with Crippen molar-refractivity contribution in [3.63, 3.8) is 0 Å². The molecule has 0 radical (unpaired) electrons. The Morgan fingerprint density at radius 3 is 2.17 bits per heavy atom. The van der Waals surface area contributed by atoms with Crippen LogP contribution in [0, 0.1) is 0 Å². The van der Waals surface area contributed by atoms with Crippen molar-refractivity contribution in [2.45, 2.75) is 90.4 Å². The van der Waals surface area contributed by atoms with Gasteiger partial charge in [-0.3, -0.25) is 4.79 Å². The minimum Gasteiger partial charge on any atom is -0.466 e. The molecule has 0 unspecified atom stereocenters. The Balaban J connectivity index is 1.83. The van der Waals surface area contributed by atoms with Crippen LogP contribution >= 0.6 is 0 Å². The molecule has 0 aromatic heterocycles. The second-order valence-corrected chi connectivity index (χ2v) is 6.74. The van der Waals surface area contributed by atoms with E-state index >= 15 is 0 Å². The van der Waals surface area contributed by atoms with Crippen LogP contribution in [-0.4, -0.2) is 12.6 Å². The fourth-order valence-electron chi connectivity index (χ4n) is 2.91. The molecule has 0 aliphatic heterocycles. The first-order valence-corrected chi connectivity index (χ1v) is 10.0. The van der Waals surface area contributed by atoms with Crippen LogP contribution < -0.4 is 0 Å². The molecule has 2 nitrogen and oxygen atoms in total. The topological polar surface area (TPSA) is 26.3 Å². The number of aryl methyl sites for hydroxylation is 1. The molecule has 0 atom stereocenters. The number of carbonyl (C=O) groups is 1. The van der Waals surface area contributed by atoms with E-state index in [1.165, 1.54) is 56.9 Å². The molecule has 136 valence electrons. The van der Waals surface area contributed by atoms with E-state index < -0.39 is 0 Å². The lowest BCUT2D eigenvalue weighted by molar-refractivity contribution is -0.143. The number of esters is 1. The lowest BCUT2D eigenvalue weighted by Gasteiger charge is -2.05. The number of carbonyl (C=O) groups excluding carboxylic acids is 1. The highest BCUT2D eigenvalue weighted by atomic mass is 16.5. The molecular formula is C22H36O2. The fourth-order valence-corrected chi connectivity index (χ4v) is 2.91. The van der Waals surface area contributed by atoms with E-state index in [1.807, 2.05) is 0 Å². The van der Waals surface area contributed by atoms with E-state index in [0.29, 0.717) is 13.0 Å². The molecule has 1 aromatic rings. The average molecular weight is 333 g/mol. The van der Waals surface area contributed by atoms with Gasteiger partial charge in [0.05, 0.1) is 6.61 Å². The van der Waals surface area contributed by atoms with Crippen LogP contribution in [0.15, 0.2) is 30.3 Å². The summed E-state index contributed by atoms with van der Waals surface area (Å²) in [5.41, 5.74) is 1.41. The highest BCUT2D eigenvalue weighted by Crippen LogP contribution is 2.10. The molecule has 24 heavy (non-hydrogen) atoms. The number of hydrogen-bond donors (Lipinski definition) is 0. The number of unbranched alkanes of at least 4 members (excludes halogenated alkanes) is 9. The summed E-state index contributed by atoms with van der Waals surface area (Å²) in [6, 6.07) is 10.6. The maximum absolute atomic E-state index is 11.6. The van der Waals surface area contributed by atoms with Crippen LogP contribution in [0.4, 0.5) is 0 Å². The normalized spacial score (nSPS) is 10.7. The molecule has 1 rings (SSSR count). The fraction of sp³-hybridized carbons (Fsp3) is 0.682. The van der Waals surface area contributed by atoms with E-state index in [4.69, 9.17) is 4.74 Å². The summed E-state index contributed by atoms with van der Waals surface area (Å²) in [6.07, 6.45) is 15.0. The van der Waals surface area contributed by atoms with E-state index in [0.717, 1.165) is 25.7 Å². The van der Waals surface area contributed by atoms with Gasteiger partial charge in [0.15, 0.2) is 0 Å². The summed E-state index contributed by atoms with van der Waals surface area (Å²) in [7, 11) is 0. The Hall–Kier alpha value is -1.31. The van der Waals surface area contributed by atoms with Crippen LogP contribution in [0.5, 0.6) is 0 Å². The minimum atomic E-state index is -0.0101. The maximum atomic E-state index is 11.6. The number of rotatable bonds is 15. The molecule has 0 bridgehead atoms. The zero-order valence-electron chi connectivity index (χ0n) is 15.6. The molecule has 0 heterocycles.